The number of benzene rings is 2. The first-order valence-electron chi connectivity index (χ1n) is 8.40. The van der Waals surface area contributed by atoms with Crippen molar-refractivity contribution in [1.82, 2.24) is 15.1 Å². The minimum Gasteiger partial charge on any atom is -0.366 e. The van der Waals surface area contributed by atoms with Gasteiger partial charge in [-0.15, -0.1) is 0 Å². The lowest BCUT2D eigenvalue weighted by atomic mass is 10.1. The molecule has 0 bridgehead atoms. The zero-order valence-corrected chi connectivity index (χ0v) is 13.8. The minimum atomic E-state index is -0.463. The van der Waals surface area contributed by atoms with Gasteiger partial charge in [0.05, 0.1) is 18.3 Å². The van der Waals surface area contributed by atoms with Gasteiger partial charge in [0.15, 0.2) is 0 Å². The largest absolute Gasteiger partial charge is 0.366 e. The van der Waals surface area contributed by atoms with Crippen LogP contribution in [0, 0.1) is 0 Å². The number of hydrogen-bond acceptors (Lipinski definition) is 4. The van der Waals surface area contributed by atoms with E-state index in [9.17, 15) is 4.79 Å². The third-order valence-corrected chi connectivity index (χ3v) is 4.40. The van der Waals surface area contributed by atoms with Crippen molar-refractivity contribution in [2.24, 2.45) is 0 Å². The summed E-state index contributed by atoms with van der Waals surface area (Å²) in [4.78, 5) is 14.8. The number of fused-ring (bicyclic) bond motifs is 1. The Hall–Kier alpha value is -2.70. The Labute approximate surface area is 145 Å². The van der Waals surface area contributed by atoms with Crippen molar-refractivity contribution in [1.29, 1.82) is 0 Å². The molecule has 0 saturated carbocycles. The van der Waals surface area contributed by atoms with Crippen molar-refractivity contribution in [3.8, 4) is 0 Å². The van der Waals surface area contributed by atoms with Gasteiger partial charge in [-0.3, -0.25) is 14.8 Å². The van der Waals surface area contributed by atoms with Gasteiger partial charge in [-0.1, -0.05) is 30.3 Å². The normalized spacial score (nSPS) is 18.3. The molecule has 4 rings (SSSR count). The molecule has 3 aromatic rings. The van der Waals surface area contributed by atoms with Crippen molar-refractivity contribution in [2.75, 3.05) is 25.0 Å². The highest BCUT2D eigenvalue weighted by Gasteiger charge is 2.26. The van der Waals surface area contributed by atoms with Crippen LogP contribution in [0.3, 0.4) is 0 Å². The molecule has 1 atom stereocenters. The molecule has 6 heteroatoms. The van der Waals surface area contributed by atoms with Gasteiger partial charge in [-0.2, -0.15) is 5.10 Å². The molecular formula is C19H20N4O2. The fourth-order valence-electron chi connectivity index (χ4n) is 3.08. The lowest BCUT2D eigenvalue weighted by Crippen LogP contribution is -2.47. The predicted octanol–water partition coefficient (Wildman–Crippen LogP) is 2.40. The Balaban J connectivity index is 1.39. The van der Waals surface area contributed by atoms with Gasteiger partial charge < -0.3 is 10.1 Å². The highest BCUT2D eigenvalue weighted by atomic mass is 16.5. The van der Waals surface area contributed by atoms with E-state index < -0.39 is 6.10 Å². The van der Waals surface area contributed by atoms with E-state index in [-0.39, 0.29) is 5.91 Å². The van der Waals surface area contributed by atoms with Gasteiger partial charge in [0.1, 0.15) is 6.10 Å². The standard InChI is InChI=1S/C19H20N4O2/c24-19(21-16-7-6-15-11-20-22-17(15)10-16)18-13-23(8-9-25-18)12-14-4-2-1-3-5-14/h1-7,10-11,18H,8-9,12-13H2,(H,20,22)(H,21,24)/t18-/m0/s1. The van der Waals surface area contributed by atoms with Crippen LogP contribution >= 0.6 is 0 Å². The number of ether oxygens (including phenoxy) is 1. The third-order valence-electron chi connectivity index (χ3n) is 4.40. The molecule has 0 unspecified atom stereocenters. The number of aromatic amines is 1. The molecule has 0 aliphatic carbocycles. The molecule has 0 spiro atoms. The van der Waals surface area contributed by atoms with Crippen LogP contribution < -0.4 is 5.32 Å². The van der Waals surface area contributed by atoms with Crippen LogP contribution in [0.25, 0.3) is 10.9 Å². The first-order chi connectivity index (χ1) is 12.3. The summed E-state index contributed by atoms with van der Waals surface area (Å²) >= 11 is 0. The molecule has 2 N–H and O–H groups in total. The Morgan fingerprint density at radius 1 is 1.28 bits per heavy atom. The third kappa shape index (κ3) is 3.70. The summed E-state index contributed by atoms with van der Waals surface area (Å²) in [6.45, 7) is 2.81. The van der Waals surface area contributed by atoms with Crippen molar-refractivity contribution in [3.05, 3.63) is 60.3 Å². The highest BCUT2D eigenvalue weighted by molar-refractivity contribution is 5.96. The van der Waals surface area contributed by atoms with E-state index in [1.165, 1.54) is 5.56 Å². The molecule has 25 heavy (non-hydrogen) atoms. The maximum absolute atomic E-state index is 12.6. The molecule has 6 nitrogen and oxygen atoms in total. The SMILES string of the molecule is O=C(Nc1ccc2cn[nH]c2c1)[C@@H]1CN(Cc2ccccc2)CCO1. The number of hydrogen-bond donors (Lipinski definition) is 2. The molecule has 1 amide bonds. The number of amides is 1. The van der Waals surface area contributed by atoms with Crippen LogP contribution in [0.4, 0.5) is 5.69 Å². The number of carbonyl (C=O) groups is 1. The second-order valence-electron chi connectivity index (χ2n) is 6.24. The first kappa shape index (κ1) is 15.8. The number of anilines is 1. The second kappa shape index (κ2) is 7.04. The topological polar surface area (TPSA) is 70.2 Å². The lowest BCUT2D eigenvalue weighted by molar-refractivity contribution is -0.133. The Morgan fingerprint density at radius 3 is 3.04 bits per heavy atom. The van der Waals surface area contributed by atoms with E-state index in [4.69, 9.17) is 4.74 Å². The van der Waals surface area contributed by atoms with Crippen molar-refractivity contribution in [2.45, 2.75) is 12.6 Å². The van der Waals surface area contributed by atoms with Crippen LogP contribution in [-0.2, 0) is 16.1 Å². The average Bonchev–Trinajstić information content (AvgIpc) is 3.10. The predicted molar refractivity (Wildman–Crippen MR) is 96.2 cm³/mol. The fraction of sp³-hybridized carbons (Fsp3) is 0.263. The summed E-state index contributed by atoms with van der Waals surface area (Å²) in [6, 6.07) is 16.0. The molecule has 1 fully saturated rings. The molecule has 2 aromatic carbocycles. The number of H-pyrrole nitrogens is 1. The van der Waals surface area contributed by atoms with Gasteiger partial charge in [-0.05, 0) is 23.8 Å². The van der Waals surface area contributed by atoms with Crippen LogP contribution in [-0.4, -0.2) is 46.8 Å². The van der Waals surface area contributed by atoms with Crippen LogP contribution in [0.15, 0.2) is 54.7 Å². The molecule has 0 radical (unpaired) electrons. The first-order valence-corrected chi connectivity index (χ1v) is 8.40. The smallest absolute Gasteiger partial charge is 0.254 e. The molecule has 1 aromatic heterocycles. The minimum absolute atomic E-state index is 0.114. The summed E-state index contributed by atoms with van der Waals surface area (Å²) in [5.41, 5.74) is 2.88. The number of morpholine rings is 1. The molecule has 2 heterocycles. The molecular weight excluding hydrogens is 316 g/mol. The van der Waals surface area contributed by atoms with Crippen LogP contribution in [0.5, 0.6) is 0 Å². The summed E-state index contributed by atoms with van der Waals surface area (Å²) in [5.74, 6) is -0.114. The van der Waals surface area contributed by atoms with Gasteiger partial charge in [0.25, 0.3) is 5.91 Å². The zero-order valence-electron chi connectivity index (χ0n) is 13.8. The Bertz CT molecular complexity index is 862. The van der Waals surface area contributed by atoms with Gasteiger partial charge in [0.2, 0.25) is 0 Å². The summed E-state index contributed by atoms with van der Waals surface area (Å²) in [5, 5.41) is 10.9. The van der Waals surface area contributed by atoms with E-state index in [2.05, 4.69) is 32.5 Å². The van der Waals surface area contributed by atoms with E-state index >= 15 is 0 Å². The molecule has 1 aliphatic rings. The fourth-order valence-corrected chi connectivity index (χ4v) is 3.08. The summed E-state index contributed by atoms with van der Waals surface area (Å²) < 4.78 is 5.68. The van der Waals surface area contributed by atoms with Gasteiger partial charge >= 0.3 is 0 Å². The van der Waals surface area contributed by atoms with Gasteiger partial charge in [0, 0.05) is 30.7 Å². The lowest BCUT2D eigenvalue weighted by Gasteiger charge is -2.32. The highest BCUT2D eigenvalue weighted by Crippen LogP contribution is 2.18. The van der Waals surface area contributed by atoms with Crippen LogP contribution in [0.2, 0.25) is 0 Å². The average molecular weight is 336 g/mol. The summed E-state index contributed by atoms with van der Waals surface area (Å²) in [6.07, 6.45) is 1.29. The van der Waals surface area contributed by atoms with E-state index in [0.29, 0.717) is 13.2 Å². The maximum atomic E-state index is 12.6. The van der Waals surface area contributed by atoms with Crippen molar-refractivity contribution < 1.29 is 9.53 Å². The Kier molecular flexibility index (Phi) is 4.45. The second-order valence-corrected chi connectivity index (χ2v) is 6.24. The quantitative estimate of drug-likeness (QED) is 0.767. The van der Waals surface area contributed by atoms with Crippen molar-refractivity contribution >= 4 is 22.5 Å². The van der Waals surface area contributed by atoms with E-state index in [0.717, 1.165) is 29.7 Å². The molecule has 1 aliphatic heterocycles. The van der Waals surface area contributed by atoms with Crippen LogP contribution in [0.1, 0.15) is 5.56 Å². The number of nitrogens with zero attached hydrogens (tertiary/aromatic N) is 2. The molecule has 1 saturated heterocycles. The maximum Gasteiger partial charge on any atom is 0.254 e. The number of aromatic nitrogens is 2. The number of carbonyl (C=O) groups excluding carboxylic acids is 1. The Morgan fingerprint density at radius 2 is 2.16 bits per heavy atom. The monoisotopic (exact) mass is 336 g/mol. The zero-order chi connectivity index (χ0) is 17.1. The van der Waals surface area contributed by atoms with Crippen molar-refractivity contribution in [3.63, 3.8) is 0 Å². The van der Waals surface area contributed by atoms with Gasteiger partial charge in [-0.25, -0.2) is 0 Å². The molecule has 128 valence electrons. The number of rotatable bonds is 4. The van der Waals surface area contributed by atoms with E-state index in [1.54, 1.807) is 6.20 Å². The number of nitrogens with one attached hydrogen (secondary N) is 2. The summed E-state index contributed by atoms with van der Waals surface area (Å²) in [7, 11) is 0. The van der Waals surface area contributed by atoms with E-state index in [1.807, 2.05) is 36.4 Å².